The first kappa shape index (κ1) is 13.5. The zero-order valence-corrected chi connectivity index (χ0v) is 13.0. The number of rotatable bonds is 0. The normalized spacial score (nSPS) is 13.1. The predicted molar refractivity (Wildman–Crippen MR) is 64.7 cm³/mol. The van der Waals surface area contributed by atoms with Crippen LogP contribution in [0.1, 0.15) is 29.2 Å². The van der Waals surface area contributed by atoms with Gasteiger partial charge in [-0.15, -0.1) is 0 Å². The van der Waals surface area contributed by atoms with Crippen molar-refractivity contribution < 1.29 is 20.8 Å². The molecule has 0 amide bonds. The molecule has 0 aliphatic heterocycles. The summed E-state index contributed by atoms with van der Waals surface area (Å²) in [4.78, 5) is 0. The van der Waals surface area contributed by atoms with Gasteiger partial charge < -0.3 is 0 Å². The van der Waals surface area contributed by atoms with E-state index in [1.54, 1.807) is 0 Å². The van der Waals surface area contributed by atoms with E-state index in [0.29, 0.717) is 0 Å². The third kappa shape index (κ3) is 3.44. The Morgan fingerprint density at radius 3 is 2.20 bits per heavy atom. The molecule has 0 saturated heterocycles. The molecule has 0 nitrogen and oxygen atoms in total. The fraction of sp³-hybridized carbons (Fsp3) is 0.250. The average Bonchev–Trinajstić information content (AvgIpc) is 2.48. The molecule has 0 bridgehead atoms. The van der Waals surface area contributed by atoms with Crippen molar-refractivity contribution in [2.75, 3.05) is 0 Å². The van der Waals surface area contributed by atoms with Gasteiger partial charge in [-0.1, -0.05) is 36.8 Å². The van der Waals surface area contributed by atoms with E-state index in [4.69, 9.17) is 17.0 Å². The SMILES string of the molecule is C[C]1C=Cc2cc(C)cc(C)c21.[Cl][Zr][Cl]. The molecule has 1 aliphatic carbocycles. The second-order valence-corrected chi connectivity index (χ2v) is 7.37. The Kier molecular flexibility index (Phi) is 5.60. The van der Waals surface area contributed by atoms with E-state index < -0.39 is 20.8 Å². The zero-order chi connectivity index (χ0) is 11.4. The Hall–Kier alpha value is 0.423. The molecule has 0 unspecified atom stereocenters. The number of hydrogen-bond acceptors (Lipinski definition) is 0. The Morgan fingerprint density at radius 2 is 1.60 bits per heavy atom. The van der Waals surface area contributed by atoms with Crippen LogP contribution in [0.15, 0.2) is 18.2 Å². The topological polar surface area (TPSA) is 0 Å². The summed E-state index contributed by atoms with van der Waals surface area (Å²) in [7, 11) is 9.87. The molecule has 0 heterocycles. The van der Waals surface area contributed by atoms with Gasteiger partial charge >= 0.3 is 37.9 Å². The minimum absolute atomic E-state index is 0.826. The summed E-state index contributed by atoms with van der Waals surface area (Å²) in [5.74, 6) is 1.39. The van der Waals surface area contributed by atoms with Crippen LogP contribution in [0.2, 0.25) is 0 Å². The summed E-state index contributed by atoms with van der Waals surface area (Å²) >= 11 is -0.826. The number of halogens is 2. The van der Waals surface area contributed by atoms with Crippen LogP contribution in [0.25, 0.3) is 6.08 Å². The van der Waals surface area contributed by atoms with Crippen molar-refractivity contribution in [1.82, 2.24) is 0 Å². The summed E-state index contributed by atoms with van der Waals surface area (Å²) < 4.78 is 0. The van der Waals surface area contributed by atoms with Crippen LogP contribution >= 0.6 is 17.0 Å². The fourth-order valence-electron chi connectivity index (χ4n) is 1.97. The van der Waals surface area contributed by atoms with Crippen LogP contribution in [0.4, 0.5) is 0 Å². The van der Waals surface area contributed by atoms with Gasteiger partial charge in [-0.3, -0.25) is 0 Å². The number of allylic oxidation sites excluding steroid dienone is 1. The van der Waals surface area contributed by atoms with Gasteiger partial charge in [0.05, 0.1) is 0 Å². The van der Waals surface area contributed by atoms with Crippen molar-refractivity contribution in [3.05, 3.63) is 46.4 Å². The standard InChI is InChI=1S/C12H13.2ClH.Zr/c1-8-6-10(3)12-9(2)4-5-11(12)7-8;;;/h4-7H,1-3H3;2*1H;/q;;;+2/p-2. The van der Waals surface area contributed by atoms with Gasteiger partial charge in [0.1, 0.15) is 0 Å². The van der Waals surface area contributed by atoms with Crippen molar-refractivity contribution in [3.8, 4) is 0 Å². The molecular formula is C12H13Cl2Zr. The molecule has 0 aromatic heterocycles. The molecule has 1 aromatic rings. The van der Waals surface area contributed by atoms with Gasteiger partial charge in [0.15, 0.2) is 0 Å². The molecule has 3 heteroatoms. The van der Waals surface area contributed by atoms with E-state index in [1.807, 2.05) is 0 Å². The van der Waals surface area contributed by atoms with Crippen LogP contribution in [-0.4, -0.2) is 0 Å². The second-order valence-electron chi connectivity index (χ2n) is 3.63. The maximum atomic E-state index is 4.93. The third-order valence-corrected chi connectivity index (χ3v) is 2.42. The van der Waals surface area contributed by atoms with Gasteiger partial charge in [-0.2, -0.15) is 0 Å². The predicted octanol–water partition coefficient (Wildman–Crippen LogP) is 4.65. The van der Waals surface area contributed by atoms with E-state index in [2.05, 4.69) is 45.1 Å². The molecular weight excluding hydrogens is 306 g/mol. The van der Waals surface area contributed by atoms with E-state index in [-0.39, 0.29) is 0 Å². The third-order valence-electron chi connectivity index (χ3n) is 2.42. The van der Waals surface area contributed by atoms with Gasteiger partial charge in [0.25, 0.3) is 0 Å². The number of aryl methyl sites for hydroxylation is 2. The quantitative estimate of drug-likeness (QED) is 0.653. The van der Waals surface area contributed by atoms with E-state index in [9.17, 15) is 0 Å². The molecule has 15 heavy (non-hydrogen) atoms. The van der Waals surface area contributed by atoms with Crippen molar-refractivity contribution in [3.63, 3.8) is 0 Å². The monoisotopic (exact) mass is 317 g/mol. The first-order valence-electron chi connectivity index (χ1n) is 4.69. The Labute approximate surface area is 110 Å². The minimum atomic E-state index is -0.826. The van der Waals surface area contributed by atoms with Gasteiger partial charge in [-0.05, 0) is 30.5 Å². The van der Waals surface area contributed by atoms with Crippen LogP contribution < -0.4 is 0 Å². The Bertz CT molecular complexity index is 372. The fourth-order valence-corrected chi connectivity index (χ4v) is 1.97. The Balaban J connectivity index is 0.000000337. The first-order chi connectivity index (χ1) is 7.10. The molecule has 0 atom stereocenters. The van der Waals surface area contributed by atoms with Crippen molar-refractivity contribution in [1.29, 1.82) is 0 Å². The number of fused-ring (bicyclic) bond motifs is 1. The molecule has 1 aromatic carbocycles. The molecule has 0 fully saturated rings. The summed E-state index contributed by atoms with van der Waals surface area (Å²) in [5, 5.41) is 0. The Morgan fingerprint density at radius 1 is 1.00 bits per heavy atom. The van der Waals surface area contributed by atoms with Gasteiger partial charge in [-0.25, -0.2) is 0 Å². The summed E-state index contributed by atoms with van der Waals surface area (Å²) in [6, 6.07) is 4.49. The van der Waals surface area contributed by atoms with E-state index >= 15 is 0 Å². The van der Waals surface area contributed by atoms with E-state index in [1.165, 1.54) is 28.2 Å². The van der Waals surface area contributed by atoms with Crippen LogP contribution in [-0.2, 0) is 20.8 Å². The number of hydrogen-bond donors (Lipinski definition) is 0. The van der Waals surface area contributed by atoms with Crippen LogP contribution in [0.5, 0.6) is 0 Å². The second kappa shape index (κ2) is 6.23. The average molecular weight is 319 g/mol. The summed E-state index contributed by atoms with van der Waals surface area (Å²) in [6.07, 6.45) is 4.39. The molecule has 2 rings (SSSR count). The van der Waals surface area contributed by atoms with Crippen molar-refractivity contribution in [2.45, 2.75) is 20.8 Å². The van der Waals surface area contributed by atoms with Gasteiger partial charge in [0, 0.05) is 5.92 Å². The summed E-state index contributed by atoms with van der Waals surface area (Å²) in [6.45, 7) is 6.50. The molecule has 79 valence electrons. The molecule has 1 aliphatic rings. The van der Waals surface area contributed by atoms with Crippen LogP contribution in [0, 0.1) is 19.8 Å². The molecule has 0 spiro atoms. The maximum absolute atomic E-state index is 4.93. The van der Waals surface area contributed by atoms with Gasteiger partial charge in [0.2, 0.25) is 0 Å². The molecule has 0 saturated carbocycles. The molecule has 1 radical (unpaired) electrons. The summed E-state index contributed by atoms with van der Waals surface area (Å²) in [5.41, 5.74) is 5.56. The van der Waals surface area contributed by atoms with Crippen molar-refractivity contribution >= 4 is 23.1 Å². The first-order valence-corrected chi connectivity index (χ1v) is 11.0. The molecule has 0 N–H and O–H groups in total. The van der Waals surface area contributed by atoms with E-state index in [0.717, 1.165) is 0 Å². The zero-order valence-electron chi connectivity index (χ0n) is 9.07. The van der Waals surface area contributed by atoms with Crippen LogP contribution in [0.3, 0.4) is 0 Å². The number of benzene rings is 1. The van der Waals surface area contributed by atoms with Crippen molar-refractivity contribution in [2.24, 2.45) is 0 Å².